The van der Waals surface area contributed by atoms with Gasteiger partial charge in [-0.3, -0.25) is 4.90 Å². The summed E-state index contributed by atoms with van der Waals surface area (Å²) >= 11 is 6.23. The fourth-order valence-corrected chi connectivity index (χ4v) is 3.77. The molecule has 7 nitrogen and oxygen atoms in total. The number of anilines is 4. The molecule has 1 aromatic heterocycles. The molecule has 3 aromatic rings. The summed E-state index contributed by atoms with van der Waals surface area (Å²) in [6.45, 7) is 0.757. The molecule has 1 aliphatic rings. The summed E-state index contributed by atoms with van der Waals surface area (Å²) in [5.74, 6) is 1.19. The van der Waals surface area contributed by atoms with Gasteiger partial charge in [-0.05, 0) is 42.3 Å². The van der Waals surface area contributed by atoms with E-state index in [1.54, 1.807) is 37.5 Å². The molecule has 2 aromatic carbocycles. The Labute approximate surface area is 185 Å². The number of hydrogen-bond donors (Lipinski definition) is 1. The van der Waals surface area contributed by atoms with E-state index in [4.69, 9.17) is 16.3 Å². The van der Waals surface area contributed by atoms with Gasteiger partial charge in [0.05, 0.1) is 29.5 Å². The summed E-state index contributed by atoms with van der Waals surface area (Å²) in [4.78, 5) is 20.9. The number of nitrogens with zero attached hydrogens (tertiary/aromatic N) is 4. The molecule has 0 unspecified atom stereocenters. The fraction of sp³-hybridized carbons (Fsp3) is 0.174. The standard InChI is InChI=1S/C23H20ClN5O2/c1-28(23(30)27-22-18(24)4-3-5-20(22)31-2)17-8-10-26-21(13-17)29-11-9-16-7-6-15(14-25)12-19(16)29/h3-8,10,12-13H,9,11H2,1-2H3,(H,27,30). The van der Waals surface area contributed by atoms with Crippen molar-refractivity contribution in [2.45, 2.75) is 6.42 Å². The number of amides is 2. The molecule has 0 aliphatic carbocycles. The van der Waals surface area contributed by atoms with Gasteiger partial charge in [-0.1, -0.05) is 23.7 Å². The number of urea groups is 1. The number of pyridine rings is 1. The minimum atomic E-state index is -0.364. The van der Waals surface area contributed by atoms with Gasteiger partial charge < -0.3 is 15.0 Å². The molecule has 2 amide bonds. The first-order chi connectivity index (χ1) is 15.0. The Balaban J connectivity index is 1.59. The van der Waals surface area contributed by atoms with Crippen molar-refractivity contribution in [1.29, 1.82) is 5.26 Å². The summed E-state index contributed by atoms with van der Waals surface area (Å²) in [6.07, 6.45) is 2.53. The van der Waals surface area contributed by atoms with Crippen LogP contribution in [0.5, 0.6) is 5.75 Å². The second kappa shape index (κ2) is 8.54. The summed E-state index contributed by atoms with van der Waals surface area (Å²) in [5.41, 5.74) is 3.82. The average molecular weight is 434 g/mol. The molecule has 1 N–H and O–H groups in total. The predicted molar refractivity (Wildman–Crippen MR) is 122 cm³/mol. The second-order valence-electron chi connectivity index (χ2n) is 7.04. The van der Waals surface area contributed by atoms with Crippen LogP contribution < -0.4 is 19.9 Å². The smallest absolute Gasteiger partial charge is 0.326 e. The van der Waals surface area contributed by atoms with E-state index in [9.17, 15) is 10.1 Å². The van der Waals surface area contributed by atoms with Crippen LogP contribution in [0.25, 0.3) is 0 Å². The minimum absolute atomic E-state index is 0.364. The lowest BCUT2D eigenvalue weighted by atomic mass is 10.1. The van der Waals surface area contributed by atoms with E-state index in [0.29, 0.717) is 33.5 Å². The number of methoxy groups -OCH3 is 1. The Hall–Kier alpha value is -3.76. The zero-order valence-corrected chi connectivity index (χ0v) is 17.8. The second-order valence-corrected chi connectivity index (χ2v) is 7.44. The normalized spacial score (nSPS) is 12.1. The first kappa shape index (κ1) is 20.5. The summed E-state index contributed by atoms with van der Waals surface area (Å²) < 4.78 is 5.29. The zero-order chi connectivity index (χ0) is 22.0. The van der Waals surface area contributed by atoms with Crippen LogP contribution in [0.4, 0.5) is 27.7 Å². The van der Waals surface area contributed by atoms with Gasteiger partial charge >= 0.3 is 6.03 Å². The lowest BCUT2D eigenvalue weighted by Gasteiger charge is -2.23. The molecule has 0 fully saturated rings. The number of carbonyl (C=O) groups is 1. The first-order valence-corrected chi connectivity index (χ1v) is 10.0. The topological polar surface area (TPSA) is 81.5 Å². The number of rotatable bonds is 4. The number of ether oxygens (including phenoxy) is 1. The van der Waals surface area contributed by atoms with Gasteiger partial charge in [-0.25, -0.2) is 9.78 Å². The van der Waals surface area contributed by atoms with E-state index in [2.05, 4.69) is 21.3 Å². The van der Waals surface area contributed by atoms with Crippen molar-refractivity contribution in [3.8, 4) is 11.8 Å². The molecule has 31 heavy (non-hydrogen) atoms. The van der Waals surface area contributed by atoms with Gasteiger partial charge in [-0.15, -0.1) is 0 Å². The molecular formula is C23H20ClN5O2. The van der Waals surface area contributed by atoms with Crippen molar-refractivity contribution in [3.05, 3.63) is 70.9 Å². The Kier molecular flexibility index (Phi) is 5.65. The number of nitriles is 1. The Morgan fingerprint density at radius 3 is 2.90 bits per heavy atom. The van der Waals surface area contributed by atoms with Crippen LogP contribution in [-0.2, 0) is 6.42 Å². The van der Waals surface area contributed by atoms with E-state index in [0.717, 1.165) is 18.7 Å². The van der Waals surface area contributed by atoms with E-state index >= 15 is 0 Å². The highest BCUT2D eigenvalue weighted by molar-refractivity contribution is 6.34. The third-order valence-electron chi connectivity index (χ3n) is 5.23. The highest BCUT2D eigenvalue weighted by atomic mass is 35.5. The quantitative estimate of drug-likeness (QED) is 0.627. The molecule has 156 valence electrons. The number of hydrogen-bond acceptors (Lipinski definition) is 5. The molecule has 0 radical (unpaired) electrons. The molecule has 1 aliphatic heterocycles. The Morgan fingerprint density at radius 1 is 1.29 bits per heavy atom. The van der Waals surface area contributed by atoms with Gasteiger partial charge in [0.1, 0.15) is 17.3 Å². The van der Waals surface area contributed by atoms with Crippen molar-refractivity contribution in [3.63, 3.8) is 0 Å². The number of aromatic nitrogens is 1. The van der Waals surface area contributed by atoms with Crippen LogP contribution in [0.2, 0.25) is 5.02 Å². The third kappa shape index (κ3) is 3.98. The van der Waals surface area contributed by atoms with Crippen molar-refractivity contribution in [1.82, 2.24) is 4.98 Å². The number of benzene rings is 2. The van der Waals surface area contributed by atoms with Crippen LogP contribution in [-0.4, -0.2) is 31.7 Å². The van der Waals surface area contributed by atoms with Crippen LogP contribution in [0.3, 0.4) is 0 Å². The molecule has 0 atom stereocenters. The van der Waals surface area contributed by atoms with Crippen molar-refractivity contribution in [2.24, 2.45) is 0 Å². The average Bonchev–Trinajstić information content (AvgIpc) is 3.23. The molecule has 0 bridgehead atoms. The lowest BCUT2D eigenvalue weighted by molar-refractivity contribution is 0.258. The van der Waals surface area contributed by atoms with Gasteiger partial charge in [0, 0.05) is 31.5 Å². The SMILES string of the molecule is COc1cccc(Cl)c1NC(=O)N(C)c1ccnc(N2CCc3ccc(C#N)cc32)c1. The van der Waals surface area contributed by atoms with E-state index < -0.39 is 0 Å². The number of halogens is 1. The molecular weight excluding hydrogens is 414 g/mol. The molecule has 0 saturated carbocycles. The number of fused-ring (bicyclic) bond motifs is 1. The van der Waals surface area contributed by atoms with Crippen molar-refractivity contribution >= 4 is 40.5 Å². The van der Waals surface area contributed by atoms with Crippen LogP contribution in [0.1, 0.15) is 11.1 Å². The molecule has 8 heteroatoms. The molecule has 4 rings (SSSR count). The summed E-state index contributed by atoms with van der Waals surface area (Å²) in [6, 6.07) is 16.3. The highest BCUT2D eigenvalue weighted by Crippen LogP contribution is 2.36. The highest BCUT2D eigenvalue weighted by Gasteiger charge is 2.23. The Morgan fingerprint density at radius 2 is 2.13 bits per heavy atom. The molecule has 2 heterocycles. The fourth-order valence-electron chi connectivity index (χ4n) is 3.55. The van der Waals surface area contributed by atoms with E-state index in [1.165, 1.54) is 17.6 Å². The first-order valence-electron chi connectivity index (χ1n) is 9.65. The van der Waals surface area contributed by atoms with Gasteiger partial charge in [0.15, 0.2) is 0 Å². The Bertz CT molecular complexity index is 1190. The number of para-hydroxylation sites is 1. The van der Waals surface area contributed by atoms with Gasteiger partial charge in [-0.2, -0.15) is 5.26 Å². The van der Waals surface area contributed by atoms with Crippen LogP contribution in [0, 0.1) is 11.3 Å². The molecule has 0 spiro atoms. The minimum Gasteiger partial charge on any atom is -0.495 e. The van der Waals surface area contributed by atoms with Crippen molar-refractivity contribution < 1.29 is 9.53 Å². The molecule has 0 saturated heterocycles. The van der Waals surface area contributed by atoms with Crippen LogP contribution >= 0.6 is 11.6 Å². The summed E-state index contributed by atoms with van der Waals surface area (Å²) in [7, 11) is 3.19. The zero-order valence-electron chi connectivity index (χ0n) is 17.1. The summed E-state index contributed by atoms with van der Waals surface area (Å²) in [5, 5.41) is 12.4. The number of carbonyl (C=O) groups excluding carboxylic acids is 1. The van der Waals surface area contributed by atoms with Crippen LogP contribution in [0.15, 0.2) is 54.7 Å². The monoisotopic (exact) mass is 433 g/mol. The third-order valence-corrected chi connectivity index (χ3v) is 5.55. The maximum atomic E-state index is 12.9. The predicted octanol–water partition coefficient (Wildman–Crippen LogP) is 4.98. The van der Waals surface area contributed by atoms with E-state index in [-0.39, 0.29) is 6.03 Å². The largest absolute Gasteiger partial charge is 0.495 e. The van der Waals surface area contributed by atoms with Crippen molar-refractivity contribution in [2.75, 3.05) is 35.8 Å². The lowest BCUT2D eigenvalue weighted by Crippen LogP contribution is -2.31. The van der Waals surface area contributed by atoms with Gasteiger partial charge in [0.2, 0.25) is 0 Å². The maximum absolute atomic E-state index is 12.9. The maximum Gasteiger partial charge on any atom is 0.326 e. The van der Waals surface area contributed by atoms with Gasteiger partial charge in [0.25, 0.3) is 0 Å². The van der Waals surface area contributed by atoms with E-state index in [1.807, 2.05) is 24.3 Å². The number of nitrogens with one attached hydrogen (secondary N) is 1.